The Kier molecular flexibility index (Phi) is 5.59. The zero-order valence-corrected chi connectivity index (χ0v) is 7.62. The molecule has 0 aliphatic rings. The molecule has 0 aliphatic heterocycles. The number of carbonyl (C=O) groups is 2. The molecule has 0 fully saturated rings. The van der Waals surface area contributed by atoms with Crippen molar-refractivity contribution < 1.29 is 19.1 Å². The largest absolute Gasteiger partial charge is 0.459 e. The zero-order valence-electron chi connectivity index (χ0n) is 7.62. The lowest BCUT2D eigenvalue weighted by molar-refractivity contribution is -0.165. The maximum Gasteiger partial charge on any atom is 0.347 e. The lowest BCUT2D eigenvalue weighted by Gasteiger charge is -2.10. The van der Waals surface area contributed by atoms with Crippen molar-refractivity contribution in [3.63, 3.8) is 0 Å². The smallest absolute Gasteiger partial charge is 0.347 e. The molecule has 1 unspecified atom stereocenters. The Morgan fingerprint density at radius 3 is 2.62 bits per heavy atom. The normalized spacial score (nSPS) is 11.5. The highest BCUT2D eigenvalue weighted by Crippen LogP contribution is 1.97. The van der Waals surface area contributed by atoms with Gasteiger partial charge < -0.3 is 9.47 Å². The number of ether oxygens (including phenoxy) is 2. The van der Waals surface area contributed by atoms with Crippen molar-refractivity contribution in [2.45, 2.75) is 19.4 Å². The van der Waals surface area contributed by atoms with Crippen LogP contribution in [0.5, 0.6) is 0 Å². The van der Waals surface area contributed by atoms with Gasteiger partial charge in [-0.05, 0) is 13.8 Å². The molecule has 0 saturated heterocycles. The van der Waals surface area contributed by atoms with E-state index in [1.807, 2.05) is 0 Å². The van der Waals surface area contributed by atoms with Gasteiger partial charge in [0.1, 0.15) is 6.61 Å². The first-order valence-corrected chi connectivity index (χ1v) is 3.88. The summed E-state index contributed by atoms with van der Waals surface area (Å²) in [4.78, 5) is 21.7. The fourth-order valence-corrected chi connectivity index (χ4v) is 0.563. The first kappa shape index (κ1) is 11.7. The quantitative estimate of drug-likeness (QED) is 0.471. The molecule has 0 heterocycles. The summed E-state index contributed by atoms with van der Waals surface area (Å²) < 4.78 is 9.29. The second kappa shape index (κ2) is 6.22. The molecule has 4 heteroatoms. The van der Waals surface area contributed by atoms with E-state index in [-0.39, 0.29) is 13.0 Å². The average molecular weight is 185 g/mol. The highest BCUT2D eigenvalue weighted by molar-refractivity contribution is 5.79. The molecular formula is C9H13O4. The topological polar surface area (TPSA) is 52.6 Å². The molecule has 0 spiro atoms. The van der Waals surface area contributed by atoms with E-state index in [0.29, 0.717) is 0 Å². The Labute approximate surface area is 77.5 Å². The fraction of sp³-hybridized carbons (Fsp3) is 0.444. The number of rotatable bonds is 5. The van der Waals surface area contributed by atoms with Gasteiger partial charge in [0.2, 0.25) is 0 Å². The molecule has 13 heavy (non-hydrogen) atoms. The summed E-state index contributed by atoms with van der Waals surface area (Å²) in [5.74, 6) is -1.11. The molecule has 0 aromatic heterocycles. The van der Waals surface area contributed by atoms with Crippen molar-refractivity contribution in [3.05, 3.63) is 19.6 Å². The van der Waals surface area contributed by atoms with E-state index in [2.05, 4.69) is 23.0 Å². The predicted molar refractivity (Wildman–Crippen MR) is 46.7 cm³/mol. The summed E-state index contributed by atoms with van der Waals surface area (Å²) in [6.45, 7) is 8.25. The number of carbonyl (C=O) groups excluding carboxylic acids is 2. The van der Waals surface area contributed by atoms with Crippen LogP contribution in [-0.4, -0.2) is 24.6 Å². The third kappa shape index (κ3) is 5.00. The summed E-state index contributed by atoms with van der Waals surface area (Å²) in [6, 6.07) is 0. The van der Waals surface area contributed by atoms with Gasteiger partial charge in [0, 0.05) is 6.42 Å². The van der Waals surface area contributed by atoms with E-state index in [1.165, 1.54) is 13.0 Å². The standard InChI is InChI=1S/C9H13O4/c1-4-6-12-9(11)7(3)13-8(10)5-2/h4,7H,1-2,5-6H2,3H3. The fourth-order valence-electron chi connectivity index (χ4n) is 0.563. The van der Waals surface area contributed by atoms with E-state index in [9.17, 15) is 9.59 Å². The van der Waals surface area contributed by atoms with Gasteiger partial charge in [-0.3, -0.25) is 4.79 Å². The van der Waals surface area contributed by atoms with Crippen molar-refractivity contribution in [1.29, 1.82) is 0 Å². The van der Waals surface area contributed by atoms with Crippen LogP contribution in [0.4, 0.5) is 0 Å². The molecule has 0 bridgehead atoms. The van der Waals surface area contributed by atoms with E-state index < -0.39 is 18.0 Å². The second-order valence-electron chi connectivity index (χ2n) is 2.30. The summed E-state index contributed by atoms with van der Waals surface area (Å²) in [5.41, 5.74) is 0. The molecule has 1 radical (unpaired) electrons. The van der Waals surface area contributed by atoms with E-state index in [0.717, 1.165) is 0 Å². The van der Waals surface area contributed by atoms with Gasteiger partial charge in [0.15, 0.2) is 6.10 Å². The number of hydrogen-bond acceptors (Lipinski definition) is 4. The molecular weight excluding hydrogens is 172 g/mol. The molecule has 0 aromatic carbocycles. The third-order valence-electron chi connectivity index (χ3n) is 1.19. The first-order chi connectivity index (χ1) is 6.11. The molecule has 0 aromatic rings. The third-order valence-corrected chi connectivity index (χ3v) is 1.19. The summed E-state index contributed by atoms with van der Waals surface area (Å²) in [7, 11) is 0. The Hall–Kier alpha value is -1.32. The van der Waals surface area contributed by atoms with Crippen LogP contribution in [-0.2, 0) is 19.1 Å². The van der Waals surface area contributed by atoms with Gasteiger partial charge in [0.25, 0.3) is 0 Å². The van der Waals surface area contributed by atoms with Crippen molar-refractivity contribution in [2.24, 2.45) is 0 Å². The van der Waals surface area contributed by atoms with Gasteiger partial charge in [-0.1, -0.05) is 12.7 Å². The van der Waals surface area contributed by atoms with Crippen LogP contribution in [0.2, 0.25) is 0 Å². The van der Waals surface area contributed by atoms with Crippen LogP contribution < -0.4 is 0 Å². The average Bonchev–Trinajstić information content (AvgIpc) is 2.13. The van der Waals surface area contributed by atoms with Crippen molar-refractivity contribution in [2.75, 3.05) is 6.61 Å². The zero-order chi connectivity index (χ0) is 10.3. The number of esters is 2. The molecule has 0 aliphatic carbocycles. The summed E-state index contributed by atoms with van der Waals surface area (Å²) >= 11 is 0. The lowest BCUT2D eigenvalue weighted by Crippen LogP contribution is -2.26. The van der Waals surface area contributed by atoms with Gasteiger partial charge >= 0.3 is 11.9 Å². The van der Waals surface area contributed by atoms with Crippen LogP contribution >= 0.6 is 0 Å². The van der Waals surface area contributed by atoms with Gasteiger partial charge in [-0.25, -0.2) is 4.79 Å². The maximum absolute atomic E-state index is 11.0. The Balaban J connectivity index is 3.81. The van der Waals surface area contributed by atoms with Crippen LogP contribution in [0, 0.1) is 6.92 Å². The van der Waals surface area contributed by atoms with E-state index in [1.54, 1.807) is 0 Å². The Bertz CT molecular complexity index is 198. The van der Waals surface area contributed by atoms with E-state index in [4.69, 9.17) is 0 Å². The molecule has 0 saturated carbocycles. The number of hydrogen-bond donors (Lipinski definition) is 0. The van der Waals surface area contributed by atoms with Crippen LogP contribution in [0.25, 0.3) is 0 Å². The first-order valence-electron chi connectivity index (χ1n) is 3.88. The minimum atomic E-state index is -0.880. The van der Waals surface area contributed by atoms with Crippen LogP contribution in [0.1, 0.15) is 13.3 Å². The second-order valence-corrected chi connectivity index (χ2v) is 2.30. The van der Waals surface area contributed by atoms with Gasteiger partial charge in [-0.2, -0.15) is 0 Å². The highest BCUT2D eigenvalue weighted by Gasteiger charge is 2.17. The molecule has 0 N–H and O–H groups in total. The maximum atomic E-state index is 11.0. The van der Waals surface area contributed by atoms with Crippen molar-refractivity contribution in [3.8, 4) is 0 Å². The summed E-state index contributed by atoms with van der Waals surface area (Å²) in [5, 5.41) is 0. The highest BCUT2D eigenvalue weighted by atomic mass is 16.6. The molecule has 0 amide bonds. The van der Waals surface area contributed by atoms with Crippen molar-refractivity contribution in [1.82, 2.24) is 0 Å². The predicted octanol–water partition coefficient (Wildman–Crippen LogP) is 0.871. The molecule has 73 valence electrons. The lowest BCUT2D eigenvalue weighted by atomic mass is 10.4. The van der Waals surface area contributed by atoms with Gasteiger partial charge in [0.05, 0.1) is 0 Å². The Morgan fingerprint density at radius 2 is 2.15 bits per heavy atom. The van der Waals surface area contributed by atoms with E-state index >= 15 is 0 Å². The minimum Gasteiger partial charge on any atom is -0.459 e. The van der Waals surface area contributed by atoms with Crippen LogP contribution in [0.3, 0.4) is 0 Å². The minimum absolute atomic E-state index is 0.000914. The SMILES string of the molecule is [CH2]CC(=O)OC(C)C(=O)OCC=C. The molecule has 0 rings (SSSR count). The van der Waals surface area contributed by atoms with Crippen molar-refractivity contribution >= 4 is 11.9 Å². The Morgan fingerprint density at radius 1 is 1.54 bits per heavy atom. The molecule has 4 nitrogen and oxygen atoms in total. The monoisotopic (exact) mass is 185 g/mol. The summed E-state index contributed by atoms with van der Waals surface area (Å²) in [6.07, 6.45) is 0.557. The van der Waals surface area contributed by atoms with Gasteiger partial charge in [-0.15, -0.1) is 0 Å². The van der Waals surface area contributed by atoms with Crippen LogP contribution in [0.15, 0.2) is 12.7 Å². The molecule has 1 atom stereocenters.